The van der Waals surface area contributed by atoms with Crippen molar-refractivity contribution in [2.45, 2.75) is 67.2 Å². The molecule has 100 valence electrons. The molecule has 0 aliphatic heterocycles. The first-order valence-corrected chi connectivity index (χ1v) is 6.91. The Morgan fingerprint density at radius 2 is 1.53 bits per heavy atom. The molecule has 0 aromatic rings. The predicted molar refractivity (Wildman–Crippen MR) is 76.1 cm³/mol. The third-order valence-electron chi connectivity index (χ3n) is 4.49. The van der Waals surface area contributed by atoms with Crippen molar-refractivity contribution < 1.29 is 4.79 Å². The molecule has 0 amide bonds. The molecule has 0 fully saturated rings. The van der Waals surface area contributed by atoms with Gasteiger partial charge in [0.15, 0.2) is 0 Å². The van der Waals surface area contributed by atoms with Crippen molar-refractivity contribution in [2.24, 2.45) is 16.7 Å². The maximum absolute atomic E-state index is 10.9. The highest BCUT2D eigenvalue weighted by atomic mass is 16.1. The van der Waals surface area contributed by atoms with Crippen LogP contribution in [0.3, 0.4) is 0 Å². The van der Waals surface area contributed by atoms with E-state index in [0.29, 0.717) is 5.41 Å². The van der Waals surface area contributed by atoms with Gasteiger partial charge in [-0.05, 0) is 30.1 Å². The van der Waals surface area contributed by atoms with E-state index in [1.807, 2.05) is 6.92 Å². The van der Waals surface area contributed by atoms with Crippen LogP contribution < -0.4 is 0 Å². The molecule has 0 saturated heterocycles. The summed E-state index contributed by atoms with van der Waals surface area (Å²) in [5.41, 5.74) is 0.518. The topological polar surface area (TPSA) is 17.1 Å². The average Bonchev–Trinajstić information content (AvgIpc) is 2.33. The second-order valence-electron chi connectivity index (χ2n) is 6.33. The molecule has 0 N–H and O–H groups in total. The van der Waals surface area contributed by atoms with Crippen LogP contribution in [0.1, 0.15) is 67.2 Å². The molecule has 17 heavy (non-hydrogen) atoms. The number of hydrogen-bond donors (Lipinski definition) is 0. The van der Waals surface area contributed by atoms with Crippen LogP contribution in [-0.4, -0.2) is 6.29 Å². The minimum atomic E-state index is 0.120. The fourth-order valence-corrected chi connectivity index (χ4v) is 1.72. The molecular formula is C16H30O. The fraction of sp³-hybridized carbons (Fsp3) is 0.812. The van der Waals surface area contributed by atoms with Crippen LogP contribution in [0.4, 0.5) is 0 Å². The Morgan fingerprint density at radius 3 is 1.94 bits per heavy atom. The second-order valence-corrected chi connectivity index (χ2v) is 6.33. The summed E-state index contributed by atoms with van der Waals surface area (Å²) < 4.78 is 0. The Balaban J connectivity index is 4.33. The summed E-state index contributed by atoms with van der Waals surface area (Å²) >= 11 is 0. The van der Waals surface area contributed by atoms with E-state index in [4.69, 9.17) is 0 Å². The zero-order valence-corrected chi connectivity index (χ0v) is 12.5. The van der Waals surface area contributed by atoms with Crippen molar-refractivity contribution in [3.05, 3.63) is 12.2 Å². The van der Waals surface area contributed by atoms with Gasteiger partial charge in [-0.25, -0.2) is 0 Å². The lowest BCUT2D eigenvalue weighted by Gasteiger charge is -2.30. The van der Waals surface area contributed by atoms with Crippen molar-refractivity contribution in [2.75, 3.05) is 0 Å². The number of carbonyl (C=O) groups is 1. The van der Waals surface area contributed by atoms with Crippen molar-refractivity contribution in [1.82, 2.24) is 0 Å². The molecule has 0 aliphatic carbocycles. The van der Waals surface area contributed by atoms with E-state index >= 15 is 0 Å². The number of aldehydes is 1. The quantitative estimate of drug-likeness (QED) is 0.429. The zero-order chi connectivity index (χ0) is 13.5. The van der Waals surface area contributed by atoms with Gasteiger partial charge in [0.2, 0.25) is 0 Å². The van der Waals surface area contributed by atoms with Crippen molar-refractivity contribution >= 4 is 6.29 Å². The molecule has 0 bridgehead atoms. The summed E-state index contributed by atoms with van der Waals surface area (Å²) in [6, 6.07) is 0. The van der Waals surface area contributed by atoms with Gasteiger partial charge in [-0.2, -0.15) is 0 Å². The van der Waals surface area contributed by atoms with E-state index in [2.05, 4.69) is 46.8 Å². The van der Waals surface area contributed by atoms with Gasteiger partial charge in [-0.15, -0.1) is 0 Å². The Labute approximate surface area is 108 Å². The highest BCUT2D eigenvalue weighted by molar-refractivity contribution is 5.54. The average molecular weight is 238 g/mol. The van der Waals surface area contributed by atoms with Crippen LogP contribution in [0, 0.1) is 16.7 Å². The summed E-state index contributed by atoms with van der Waals surface area (Å²) in [5.74, 6) is 0.135. The van der Waals surface area contributed by atoms with E-state index < -0.39 is 0 Å². The molecule has 0 rings (SSSR count). The first kappa shape index (κ1) is 16.4. The van der Waals surface area contributed by atoms with E-state index in [1.54, 1.807) is 0 Å². The molecule has 1 heteroatoms. The van der Waals surface area contributed by atoms with Crippen LogP contribution in [0.2, 0.25) is 0 Å². The summed E-state index contributed by atoms with van der Waals surface area (Å²) in [4.78, 5) is 10.9. The van der Waals surface area contributed by atoms with Gasteiger partial charge in [0.05, 0.1) is 0 Å². The van der Waals surface area contributed by atoms with Crippen LogP contribution in [-0.2, 0) is 4.79 Å². The van der Waals surface area contributed by atoms with Crippen LogP contribution >= 0.6 is 0 Å². The minimum absolute atomic E-state index is 0.120. The first-order valence-electron chi connectivity index (χ1n) is 6.91. The van der Waals surface area contributed by atoms with Crippen LogP contribution in [0.15, 0.2) is 12.2 Å². The SMILES string of the molecule is CCC(C)(C)CC=CCC(C)(CC)C(C)C=O. The van der Waals surface area contributed by atoms with Crippen molar-refractivity contribution in [3.63, 3.8) is 0 Å². The molecule has 0 saturated carbocycles. The van der Waals surface area contributed by atoms with E-state index in [9.17, 15) is 4.79 Å². The molecule has 0 aromatic carbocycles. The molecule has 0 aromatic heterocycles. The Kier molecular flexibility index (Phi) is 6.74. The lowest BCUT2D eigenvalue weighted by atomic mass is 9.74. The molecule has 1 nitrogen and oxygen atoms in total. The predicted octanol–water partition coefficient (Wildman–Crippen LogP) is 5.01. The van der Waals surface area contributed by atoms with E-state index in [1.165, 1.54) is 6.42 Å². The van der Waals surface area contributed by atoms with Gasteiger partial charge in [-0.1, -0.05) is 60.1 Å². The van der Waals surface area contributed by atoms with Gasteiger partial charge >= 0.3 is 0 Å². The standard InChI is InChI=1S/C16H30O/c1-7-15(4,5)11-9-10-12-16(6,8-2)14(3)13-17/h9-10,13-14H,7-8,11-12H2,1-6H3. The molecular weight excluding hydrogens is 208 g/mol. The zero-order valence-electron chi connectivity index (χ0n) is 12.5. The largest absolute Gasteiger partial charge is 0.303 e. The normalized spacial score (nSPS) is 18.0. The van der Waals surface area contributed by atoms with Crippen LogP contribution in [0.25, 0.3) is 0 Å². The Morgan fingerprint density at radius 1 is 1.00 bits per heavy atom. The van der Waals surface area contributed by atoms with Crippen molar-refractivity contribution in [1.29, 1.82) is 0 Å². The number of carbonyl (C=O) groups excluding carboxylic acids is 1. The van der Waals surface area contributed by atoms with Crippen LogP contribution in [0.5, 0.6) is 0 Å². The smallest absolute Gasteiger partial charge is 0.123 e. The third kappa shape index (κ3) is 5.52. The Hall–Kier alpha value is -0.590. The molecule has 0 heterocycles. The number of hydrogen-bond acceptors (Lipinski definition) is 1. The van der Waals surface area contributed by atoms with Gasteiger partial charge in [0, 0.05) is 5.92 Å². The highest BCUT2D eigenvalue weighted by Crippen LogP contribution is 2.34. The van der Waals surface area contributed by atoms with E-state index in [-0.39, 0.29) is 11.3 Å². The summed E-state index contributed by atoms with van der Waals surface area (Å²) in [5, 5.41) is 0. The maximum atomic E-state index is 10.9. The monoisotopic (exact) mass is 238 g/mol. The van der Waals surface area contributed by atoms with Gasteiger partial charge in [-0.3, -0.25) is 0 Å². The van der Waals surface area contributed by atoms with E-state index in [0.717, 1.165) is 25.5 Å². The lowest BCUT2D eigenvalue weighted by Crippen LogP contribution is -2.25. The fourth-order valence-electron chi connectivity index (χ4n) is 1.72. The van der Waals surface area contributed by atoms with Gasteiger partial charge in [0.25, 0.3) is 0 Å². The summed E-state index contributed by atoms with van der Waals surface area (Å²) in [6.45, 7) is 13.2. The number of allylic oxidation sites excluding steroid dienone is 2. The van der Waals surface area contributed by atoms with Gasteiger partial charge < -0.3 is 4.79 Å². The second kappa shape index (κ2) is 6.98. The summed E-state index contributed by atoms with van der Waals surface area (Å²) in [6.07, 6.45) is 10.0. The molecule has 0 aliphatic rings. The van der Waals surface area contributed by atoms with Crippen molar-refractivity contribution in [3.8, 4) is 0 Å². The Bertz CT molecular complexity index is 252. The highest BCUT2D eigenvalue weighted by Gasteiger charge is 2.27. The lowest BCUT2D eigenvalue weighted by molar-refractivity contribution is -0.113. The maximum Gasteiger partial charge on any atom is 0.123 e. The molecule has 0 radical (unpaired) electrons. The third-order valence-corrected chi connectivity index (χ3v) is 4.49. The molecule has 0 spiro atoms. The van der Waals surface area contributed by atoms with Gasteiger partial charge in [0.1, 0.15) is 6.29 Å². The first-order chi connectivity index (χ1) is 7.81. The summed E-state index contributed by atoms with van der Waals surface area (Å²) in [7, 11) is 0. The molecule has 2 atom stereocenters. The molecule has 2 unspecified atom stereocenters. The number of rotatable bonds is 8. The minimum Gasteiger partial charge on any atom is -0.303 e.